The average Bonchev–Trinajstić information content (AvgIpc) is 2.30. The number of hydrogen-bond donors (Lipinski definition) is 2. The molecular weight excluding hydrogens is 266 g/mol. The molecule has 5 heteroatoms. The standard InChI is InChI=1S/C16H31N3O2/c1-15(2,3)21-14(20)18-16(8-6-9-16)12-17-13-7-5-10-19(4)11-13/h13,17H,5-12H2,1-4H3,(H,18,20). The fourth-order valence-corrected chi connectivity index (χ4v) is 3.14. The first-order chi connectivity index (χ1) is 9.78. The molecular formula is C16H31N3O2. The number of carbonyl (C=O) groups is 1. The molecule has 0 bridgehead atoms. The molecule has 1 atom stereocenters. The van der Waals surface area contributed by atoms with Crippen molar-refractivity contribution in [1.82, 2.24) is 15.5 Å². The molecule has 1 aliphatic heterocycles. The van der Waals surface area contributed by atoms with Crippen LogP contribution >= 0.6 is 0 Å². The van der Waals surface area contributed by atoms with E-state index in [0.29, 0.717) is 6.04 Å². The molecule has 0 aromatic heterocycles. The lowest BCUT2D eigenvalue weighted by molar-refractivity contribution is 0.0374. The second-order valence-corrected chi connectivity index (χ2v) is 7.74. The Morgan fingerprint density at radius 2 is 2.05 bits per heavy atom. The molecule has 1 unspecified atom stereocenters. The van der Waals surface area contributed by atoms with Crippen LogP contribution in [-0.2, 0) is 4.74 Å². The monoisotopic (exact) mass is 297 g/mol. The Balaban J connectivity index is 1.79. The van der Waals surface area contributed by atoms with Crippen molar-refractivity contribution in [2.24, 2.45) is 0 Å². The van der Waals surface area contributed by atoms with Crippen molar-refractivity contribution < 1.29 is 9.53 Å². The van der Waals surface area contributed by atoms with E-state index in [2.05, 4.69) is 22.6 Å². The fourth-order valence-electron chi connectivity index (χ4n) is 3.14. The van der Waals surface area contributed by atoms with Crippen LogP contribution in [0.4, 0.5) is 4.79 Å². The van der Waals surface area contributed by atoms with Crippen molar-refractivity contribution in [2.45, 2.75) is 70.1 Å². The molecule has 1 amide bonds. The van der Waals surface area contributed by atoms with Gasteiger partial charge in [-0.1, -0.05) is 0 Å². The number of alkyl carbamates (subject to hydrolysis) is 1. The summed E-state index contributed by atoms with van der Waals surface area (Å²) in [6.07, 6.45) is 5.46. The number of hydrogen-bond acceptors (Lipinski definition) is 4. The Kier molecular flexibility index (Phi) is 5.15. The average molecular weight is 297 g/mol. The number of piperidine rings is 1. The lowest BCUT2D eigenvalue weighted by atomic mass is 9.76. The van der Waals surface area contributed by atoms with Crippen molar-refractivity contribution in [3.63, 3.8) is 0 Å². The third kappa shape index (κ3) is 5.15. The van der Waals surface area contributed by atoms with Crippen molar-refractivity contribution in [2.75, 3.05) is 26.7 Å². The maximum Gasteiger partial charge on any atom is 0.408 e. The highest BCUT2D eigenvalue weighted by Crippen LogP contribution is 2.32. The predicted octanol–water partition coefficient (Wildman–Crippen LogP) is 2.12. The molecule has 5 nitrogen and oxygen atoms in total. The van der Waals surface area contributed by atoms with Crippen molar-refractivity contribution in [1.29, 1.82) is 0 Å². The Labute approximate surface area is 128 Å². The van der Waals surface area contributed by atoms with E-state index in [-0.39, 0.29) is 11.6 Å². The zero-order chi connectivity index (χ0) is 15.5. The van der Waals surface area contributed by atoms with E-state index >= 15 is 0 Å². The molecule has 0 spiro atoms. The van der Waals surface area contributed by atoms with E-state index < -0.39 is 5.60 Å². The minimum absolute atomic E-state index is 0.0989. The number of amides is 1. The SMILES string of the molecule is CN1CCCC(NCC2(NC(=O)OC(C)(C)C)CCC2)C1. The normalized spacial score (nSPS) is 26.0. The van der Waals surface area contributed by atoms with E-state index in [1.807, 2.05) is 20.8 Å². The van der Waals surface area contributed by atoms with Gasteiger partial charge in [0.2, 0.25) is 0 Å². The zero-order valence-corrected chi connectivity index (χ0v) is 14.0. The van der Waals surface area contributed by atoms with Gasteiger partial charge >= 0.3 is 6.09 Å². The second kappa shape index (κ2) is 6.53. The van der Waals surface area contributed by atoms with Crippen LogP contribution in [0.5, 0.6) is 0 Å². The molecule has 1 aliphatic carbocycles. The summed E-state index contributed by atoms with van der Waals surface area (Å²) in [6.45, 7) is 8.84. The van der Waals surface area contributed by atoms with E-state index in [1.165, 1.54) is 25.8 Å². The first-order valence-electron chi connectivity index (χ1n) is 8.21. The van der Waals surface area contributed by atoms with Crippen LogP contribution in [-0.4, -0.2) is 54.9 Å². The van der Waals surface area contributed by atoms with Crippen molar-refractivity contribution in [3.05, 3.63) is 0 Å². The zero-order valence-electron chi connectivity index (χ0n) is 14.0. The molecule has 2 fully saturated rings. The second-order valence-electron chi connectivity index (χ2n) is 7.74. The van der Waals surface area contributed by atoms with Gasteiger partial charge < -0.3 is 20.3 Å². The summed E-state index contributed by atoms with van der Waals surface area (Å²) in [5.74, 6) is 0. The van der Waals surface area contributed by atoms with Crippen LogP contribution in [0.15, 0.2) is 0 Å². The van der Waals surface area contributed by atoms with Gasteiger partial charge in [0.25, 0.3) is 0 Å². The van der Waals surface area contributed by atoms with Gasteiger partial charge in [-0.2, -0.15) is 0 Å². The quantitative estimate of drug-likeness (QED) is 0.834. The minimum atomic E-state index is -0.436. The summed E-state index contributed by atoms with van der Waals surface area (Å²) in [7, 11) is 2.17. The number of nitrogens with one attached hydrogen (secondary N) is 2. The first kappa shape index (κ1) is 16.6. The topological polar surface area (TPSA) is 53.6 Å². The Morgan fingerprint density at radius 1 is 1.33 bits per heavy atom. The number of carbonyl (C=O) groups excluding carboxylic acids is 1. The van der Waals surface area contributed by atoms with Gasteiger partial charge in [-0.3, -0.25) is 0 Å². The highest BCUT2D eigenvalue weighted by molar-refractivity contribution is 5.69. The maximum atomic E-state index is 12.0. The number of nitrogens with zero attached hydrogens (tertiary/aromatic N) is 1. The summed E-state index contributed by atoms with van der Waals surface area (Å²) >= 11 is 0. The number of rotatable bonds is 4. The molecule has 1 saturated heterocycles. The first-order valence-corrected chi connectivity index (χ1v) is 8.21. The summed E-state index contributed by atoms with van der Waals surface area (Å²) < 4.78 is 5.39. The lowest BCUT2D eigenvalue weighted by Gasteiger charge is -2.44. The van der Waals surface area contributed by atoms with E-state index in [1.54, 1.807) is 0 Å². The number of likely N-dealkylation sites (N-methyl/N-ethyl adjacent to an activating group) is 1. The van der Waals surface area contributed by atoms with E-state index in [9.17, 15) is 4.79 Å². The summed E-state index contributed by atoms with van der Waals surface area (Å²) in [4.78, 5) is 14.4. The Bertz CT molecular complexity index is 361. The van der Waals surface area contributed by atoms with Gasteiger partial charge in [0, 0.05) is 19.1 Å². The molecule has 2 N–H and O–H groups in total. The van der Waals surface area contributed by atoms with Gasteiger partial charge in [0.05, 0.1) is 5.54 Å². The van der Waals surface area contributed by atoms with Crippen molar-refractivity contribution in [3.8, 4) is 0 Å². The Hall–Kier alpha value is -0.810. The molecule has 2 aliphatic rings. The van der Waals surface area contributed by atoms with Gasteiger partial charge in [-0.25, -0.2) is 4.79 Å². The predicted molar refractivity (Wildman–Crippen MR) is 84.5 cm³/mol. The van der Waals surface area contributed by atoms with Crippen molar-refractivity contribution >= 4 is 6.09 Å². The third-order valence-corrected chi connectivity index (χ3v) is 4.43. The molecule has 21 heavy (non-hydrogen) atoms. The minimum Gasteiger partial charge on any atom is -0.444 e. The Morgan fingerprint density at radius 3 is 2.57 bits per heavy atom. The van der Waals surface area contributed by atoms with Crippen LogP contribution in [0.2, 0.25) is 0 Å². The molecule has 0 radical (unpaired) electrons. The van der Waals surface area contributed by atoms with Gasteiger partial charge in [-0.15, -0.1) is 0 Å². The number of likely N-dealkylation sites (tertiary alicyclic amines) is 1. The van der Waals surface area contributed by atoms with Crippen LogP contribution in [0.25, 0.3) is 0 Å². The maximum absolute atomic E-state index is 12.0. The van der Waals surface area contributed by atoms with E-state index in [4.69, 9.17) is 4.74 Å². The van der Waals surface area contributed by atoms with E-state index in [0.717, 1.165) is 25.9 Å². The largest absolute Gasteiger partial charge is 0.444 e. The molecule has 2 rings (SSSR count). The van der Waals surface area contributed by atoms with Crippen LogP contribution in [0.1, 0.15) is 52.9 Å². The van der Waals surface area contributed by atoms with Crippen LogP contribution in [0, 0.1) is 0 Å². The highest BCUT2D eigenvalue weighted by Gasteiger charge is 2.39. The summed E-state index contributed by atoms with van der Waals surface area (Å²) in [5.41, 5.74) is -0.535. The summed E-state index contributed by atoms with van der Waals surface area (Å²) in [6, 6.07) is 0.543. The molecule has 0 aromatic carbocycles. The molecule has 1 heterocycles. The van der Waals surface area contributed by atoms with Gasteiger partial charge in [-0.05, 0) is 66.5 Å². The third-order valence-electron chi connectivity index (χ3n) is 4.43. The van der Waals surface area contributed by atoms with Crippen LogP contribution < -0.4 is 10.6 Å². The lowest BCUT2D eigenvalue weighted by Crippen LogP contribution is -2.61. The molecule has 1 saturated carbocycles. The highest BCUT2D eigenvalue weighted by atomic mass is 16.6. The molecule has 122 valence electrons. The van der Waals surface area contributed by atoms with Crippen LogP contribution in [0.3, 0.4) is 0 Å². The molecule has 0 aromatic rings. The smallest absolute Gasteiger partial charge is 0.408 e. The number of ether oxygens (including phenoxy) is 1. The van der Waals surface area contributed by atoms with Gasteiger partial charge in [0.15, 0.2) is 0 Å². The van der Waals surface area contributed by atoms with Gasteiger partial charge in [0.1, 0.15) is 5.60 Å². The fraction of sp³-hybridized carbons (Fsp3) is 0.938. The summed E-state index contributed by atoms with van der Waals surface area (Å²) in [5, 5.41) is 6.75.